The van der Waals surface area contributed by atoms with Gasteiger partial charge in [0.1, 0.15) is 0 Å². The molecular formula is C28H30N2O4. The molecule has 4 rings (SSSR count). The molecule has 0 radical (unpaired) electrons. The SMILES string of the molecule is CCN(CC)CCN(c1cccc2ccccc12)c1cccc2ccccc12.O=C(O)C(=O)O. The minimum absolute atomic E-state index is 0.962. The maximum atomic E-state index is 9.10. The molecule has 0 unspecified atom stereocenters. The molecule has 0 aliphatic rings. The van der Waals surface area contributed by atoms with E-state index in [1.54, 1.807) is 0 Å². The molecule has 0 atom stereocenters. The van der Waals surface area contributed by atoms with Crippen LogP contribution in [0.5, 0.6) is 0 Å². The van der Waals surface area contributed by atoms with Crippen molar-refractivity contribution in [2.24, 2.45) is 0 Å². The molecular weight excluding hydrogens is 428 g/mol. The average molecular weight is 459 g/mol. The molecule has 176 valence electrons. The lowest BCUT2D eigenvalue weighted by Gasteiger charge is -2.30. The highest BCUT2D eigenvalue weighted by Crippen LogP contribution is 2.36. The molecule has 0 heterocycles. The lowest BCUT2D eigenvalue weighted by Crippen LogP contribution is -2.33. The van der Waals surface area contributed by atoms with Gasteiger partial charge in [0, 0.05) is 35.2 Å². The Balaban J connectivity index is 0.000000481. The number of hydrogen-bond donors (Lipinski definition) is 2. The Morgan fingerprint density at radius 3 is 1.44 bits per heavy atom. The normalized spacial score (nSPS) is 10.7. The molecule has 0 aliphatic heterocycles. The van der Waals surface area contributed by atoms with Gasteiger partial charge >= 0.3 is 11.9 Å². The molecule has 0 saturated carbocycles. The summed E-state index contributed by atoms with van der Waals surface area (Å²) < 4.78 is 0. The standard InChI is InChI=1S/C26H28N2.C2H2O4/c1-3-27(4-2)19-20-28(25-17-9-13-21-11-5-7-15-23(21)25)26-18-10-14-22-12-6-8-16-24(22)26;3-1(4)2(5)6/h5-18H,3-4,19-20H2,1-2H3;(H,3,4)(H,5,6). The van der Waals surface area contributed by atoms with Crippen LogP contribution in [0.2, 0.25) is 0 Å². The van der Waals surface area contributed by atoms with Crippen LogP contribution in [0, 0.1) is 0 Å². The van der Waals surface area contributed by atoms with Gasteiger partial charge in [-0.05, 0) is 36.0 Å². The van der Waals surface area contributed by atoms with Crippen molar-refractivity contribution < 1.29 is 19.8 Å². The van der Waals surface area contributed by atoms with E-state index in [1.165, 1.54) is 32.9 Å². The van der Waals surface area contributed by atoms with Crippen molar-refractivity contribution in [3.63, 3.8) is 0 Å². The lowest BCUT2D eigenvalue weighted by atomic mass is 10.0. The number of hydrogen-bond acceptors (Lipinski definition) is 4. The highest BCUT2D eigenvalue weighted by Gasteiger charge is 2.16. The van der Waals surface area contributed by atoms with E-state index < -0.39 is 11.9 Å². The van der Waals surface area contributed by atoms with Gasteiger partial charge in [-0.15, -0.1) is 0 Å². The number of nitrogens with zero attached hydrogens (tertiary/aromatic N) is 2. The molecule has 0 aliphatic carbocycles. The second-order valence-corrected chi connectivity index (χ2v) is 7.79. The van der Waals surface area contributed by atoms with Crippen molar-refractivity contribution in [2.75, 3.05) is 31.1 Å². The fourth-order valence-corrected chi connectivity index (χ4v) is 4.04. The first kappa shape index (κ1) is 24.7. The predicted octanol–water partition coefficient (Wildman–Crippen LogP) is 5.63. The Morgan fingerprint density at radius 2 is 1.03 bits per heavy atom. The zero-order valence-electron chi connectivity index (χ0n) is 19.5. The van der Waals surface area contributed by atoms with Crippen LogP contribution in [-0.2, 0) is 9.59 Å². The quantitative estimate of drug-likeness (QED) is 0.350. The Morgan fingerprint density at radius 1 is 0.618 bits per heavy atom. The topological polar surface area (TPSA) is 81.1 Å². The molecule has 34 heavy (non-hydrogen) atoms. The fourth-order valence-electron chi connectivity index (χ4n) is 4.04. The summed E-state index contributed by atoms with van der Waals surface area (Å²) in [6.07, 6.45) is 0. The van der Waals surface area contributed by atoms with Gasteiger partial charge in [-0.1, -0.05) is 86.6 Å². The number of carboxylic acid groups (broad SMARTS) is 2. The smallest absolute Gasteiger partial charge is 0.414 e. The molecule has 0 bridgehead atoms. The highest BCUT2D eigenvalue weighted by molar-refractivity contribution is 6.27. The monoisotopic (exact) mass is 458 g/mol. The summed E-state index contributed by atoms with van der Waals surface area (Å²) in [5.41, 5.74) is 2.56. The number of likely N-dealkylation sites (N-methyl/N-ethyl adjacent to an activating group) is 1. The van der Waals surface area contributed by atoms with Crippen LogP contribution in [0.1, 0.15) is 13.8 Å². The Hall–Kier alpha value is -3.90. The highest BCUT2D eigenvalue weighted by atomic mass is 16.4. The Bertz CT molecular complexity index is 1170. The maximum absolute atomic E-state index is 9.10. The second-order valence-electron chi connectivity index (χ2n) is 7.79. The first-order chi connectivity index (χ1) is 16.5. The minimum atomic E-state index is -1.82. The van der Waals surface area contributed by atoms with Crippen molar-refractivity contribution in [1.29, 1.82) is 0 Å². The zero-order valence-corrected chi connectivity index (χ0v) is 19.5. The van der Waals surface area contributed by atoms with E-state index in [-0.39, 0.29) is 0 Å². The van der Waals surface area contributed by atoms with E-state index >= 15 is 0 Å². The first-order valence-corrected chi connectivity index (χ1v) is 11.4. The van der Waals surface area contributed by atoms with Crippen LogP contribution < -0.4 is 4.90 Å². The van der Waals surface area contributed by atoms with Crippen LogP contribution >= 0.6 is 0 Å². The molecule has 2 N–H and O–H groups in total. The first-order valence-electron chi connectivity index (χ1n) is 11.4. The number of carbonyl (C=O) groups is 2. The molecule has 0 fully saturated rings. The van der Waals surface area contributed by atoms with E-state index in [4.69, 9.17) is 19.8 Å². The number of fused-ring (bicyclic) bond motifs is 2. The molecule has 0 saturated heterocycles. The number of carboxylic acids is 2. The van der Waals surface area contributed by atoms with Crippen molar-refractivity contribution in [3.8, 4) is 0 Å². The third-order valence-electron chi connectivity index (χ3n) is 5.83. The van der Waals surface area contributed by atoms with Gasteiger partial charge in [-0.2, -0.15) is 0 Å². The van der Waals surface area contributed by atoms with Crippen LogP contribution in [0.3, 0.4) is 0 Å². The third kappa shape index (κ3) is 5.91. The molecule has 0 spiro atoms. The van der Waals surface area contributed by atoms with Crippen molar-refractivity contribution in [3.05, 3.63) is 84.9 Å². The van der Waals surface area contributed by atoms with Crippen molar-refractivity contribution >= 4 is 44.9 Å². The summed E-state index contributed by atoms with van der Waals surface area (Å²) in [5, 5.41) is 20.0. The largest absolute Gasteiger partial charge is 0.473 e. The van der Waals surface area contributed by atoms with E-state index in [2.05, 4.69) is 109 Å². The minimum Gasteiger partial charge on any atom is -0.473 e. The Kier molecular flexibility index (Phi) is 8.60. The van der Waals surface area contributed by atoms with Crippen molar-refractivity contribution in [2.45, 2.75) is 13.8 Å². The second kappa shape index (κ2) is 11.8. The van der Waals surface area contributed by atoms with Gasteiger partial charge in [0.2, 0.25) is 0 Å². The van der Waals surface area contributed by atoms with Gasteiger partial charge < -0.3 is 20.0 Å². The molecule has 4 aromatic rings. The van der Waals surface area contributed by atoms with E-state index in [0.717, 1.165) is 26.2 Å². The van der Waals surface area contributed by atoms with Crippen LogP contribution in [0.25, 0.3) is 21.5 Å². The zero-order chi connectivity index (χ0) is 24.5. The van der Waals surface area contributed by atoms with Crippen LogP contribution in [0.4, 0.5) is 11.4 Å². The van der Waals surface area contributed by atoms with Gasteiger partial charge in [-0.25, -0.2) is 9.59 Å². The summed E-state index contributed by atoms with van der Waals surface area (Å²) in [4.78, 5) is 23.2. The third-order valence-corrected chi connectivity index (χ3v) is 5.83. The Labute approximate surface area is 199 Å². The van der Waals surface area contributed by atoms with Gasteiger partial charge in [0.25, 0.3) is 0 Å². The van der Waals surface area contributed by atoms with Gasteiger partial charge in [-0.3, -0.25) is 0 Å². The number of benzene rings is 4. The molecule has 6 nitrogen and oxygen atoms in total. The van der Waals surface area contributed by atoms with E-state index in [9.17, 15) is 0 Å². The van der Waals surface area contributed by atoms with Gasteiger partial charge in [0.05, 0.1) is 0 Å². The summed E-state index contributed by atoms with van der Waals surface area (Å²) >= 11 is 0. The molecule has 4 aromatic carbocycles. The van der Waals surface area contributed by atoms with E-state index in [1.807, 2.05) is 0 Å². The number of anilines is 2. The summed E-state index contributed by atoms with van der Waals surface area (Å²) in [6.45, 7) is 8.64. The van der Waals surface area contributed by atoms with Crippen molar-refractivity contribution in [1.82, 2.24) is 4.90 Å². The number of aliphatic carboxylic acids is 2. The molecule has 0 aromatic heterocycles. The number of rotatable bonds is 7. The summed E-state index contributed by atoms with van der Waals surface area (Å²) in [6, 6.07) is 30.6. The molecule has 0 amide bonds. The van der Waals surface area contributed by atoms with Gasteiger partial charge in [0.15, 0.2) is 0 Å². The summed E-state index contributed by atoms with van der Waals surface area (Å²) in [7, 11) is 0. The maximum Gasteiger partial charge on any atom is 0.414 e. The fraction of sp³-hybridized carbons (Fsp3) is 0.214. The lowest BCUT2D eigenvalue weighted by molar-refractivity contribution is -0.159. The average Bonchev–Trinajstić information content (AvgIpc) is 2.87. The summed E-state index contributed by atoms with van der Waals surface area (Å²) in [5.74, 6) is -3.65. The molecule has 6 heteroatoms. The predicted molar refractivity (Wildman–Crippen MR) is 138 cm³/mol. The van der Waals surface area contributed by atoms with Crippen LogP contribution in [-0.4, -0.2) is 53.2 Å². The van der Waals surface area contributed by atoms with Crippen LogP contribution in [0.15, 0.2) is 84.9 Å². The van der Waals surface area contributed by atoms with E-state index in [0.29, 0.717) is 0 Å².